The molecular weight excluding hydrogens is 384 g/mol. The monoisotopic (exact) mass is 406 g/mol. The summed E-state index contributed by atoms with van der Waals surface area (Å²) in [5.74, 6) is -1.41. The van der Waals surface area contributed by atoms with Crippen LogP contribution in [0.25, 0.3) is 5.70 Å². The Labute approximate surface area is 173 Å². The van der Waals surface area contributed by atoms with E-state index in [1.54, 1.807) is 43.3 Å². The predicted molar refractivity (Wildman–Crippen MR) is 105 cm³/mol. The van der Waals surface area contributed by atoms with E-state index in [-0.39, 0.29) is 11.7 Å². The molecule has 1 aromatic carbocycles. The number of ether oxygens (including phenoxy) is 1. The number of rotatable bonds is 1. The molecule has 5 rings (SSSR count). The summed E-state index contributed by atoms with van der Waals surface area (Å²) in [5.41, 5.74) is 0.743. The zero-order valence-corrected chi connectivity index (χ0v) is 16.7. The summed E-state index contributed by atoms with van der Waals surface area (Å²) in [6.07, 6.45) is 5.06. The molecule has 30 heavy (non-hydrogen) atoms. The first-order chi connectivity index (χ1) is 14.3. The fraction of sp³-hybridized carbons (Fsp3) is 0.435. The van der Waals surface area contributed by atoms with Gasteiger partial charge in [0.2, 0.25) is 5.60 Å². The molecule has 2 aliphatic carbocycles. The lowest BCUT2D eigenvalue weighted by Crippen LogP contribution is -2.57. The van der Waals surface area contributed by atoms with Crippen LogP contribution in [0.5, 0.6) is 0 Å². The van der Waals surface area contributed by atoms with Gasteiger partial charge in [-0.2, -0.15) is 5.26 Å². The van der Waals surface area contributed by atoms with E-state index in [0.717, 1.165) is 5.56 Å². The van der Waals surface area contributed by atoms with Gasteiger partial charge in [-0.1, -0.05) is 19.1 Å². The summed E-state index contributed by atoms with van der Waals surface area (Å²) in [5, 5.41) is 20.4. The fourth-order valence-corrected chi connectivity index (χ4v) is 5.55. The minimum atomic E-state index is -1.37. The largest absolute Gasteiger partial charge is 0.458 e. The highest BCUT2D eigenvalue weighted by molar-refractivity contribution is 6.01. The van der Waals surface area contributed by atoms with E-state index in [1.807, 2.05) is 6.92 Å². The van der Waals surface area contributed by atoms with Gasteiger partial charge in [-0.15, -0.1) is 0 Å². The van der Waals surface area contributed by atoms with Crippen molar-refractivity contribution in [1.29, 1.82) is 5.26 Å². The third-order valence-corrected chi connectivity index (χ3v) is 7.55. The molecule has 1 spiro atoms. The predicted octanol–water partition coefficient (Wildman–Crippen LogP) is 2.02. The molecule has 7 heteroatoms. The third kappa shape index (κ3) is 2.15. The van der Waals surface area contributed by atoms with Crippen molar-refractivity contribution < 1.29 is 24.3 Å². The number of hydrogen-bond donors (Lipinski definition) is 2. The Kier molecular flexibility index (Phi) is 3.83. The molecule has 7 nitrogen and oxygen atoms in total. The molecule has 2 N–H and O–H groups in total. The smallest absolute Gasteiger partial charge is 0.346 e. The molecule has 4 aliphatic rings. The van der Waals surface area contributed by atoms with Gasteiger partial charge in [-0.25, -0.2) is 4.79 Å². The van der Waals surface area contributed by atoms with Crippen molar-refractivity contribution in [3.05, 3.63) is 53.6 Å². The van der Waals surface area contributed by atoms with Gasteiger partial charge >= 0.3 is 5.97 Å². The number of fused-ring (bicyclic) bond motifs is 4. The van der Waals surface area contributed by atoms with Gasteiger partial charge in [0.1, 0.15) is 11.7 Å². The maximum Gasteiger partial charge on any atom is 0.346 e. The maximum absolute atomic E-state index is 13.1. The van der Waals surface area contributed by atoms with Gasteiger partial charge in [-0.3, -0.25) is 15.1 Å². The molecule has 0 aromatic heterocycles. The summed E-state index contributed by atoms with van der Waals surface area (Å²) in [7, 11) is 0. The van der Waals surface area contributed by atoms with Crippen LogP contribution in [0, 0.1) is 28.6 Å². The van der Waals surface area contributed by atoms with Crippen molar-refractivity contribution in [3.63, 3.8) is 0 Å². The lowest BCUT2D eigenvalue weighted by Gasteiger charge is -2.43. The Hall–Kier alpha value is -2.95. The van der Waals surface area contributed by atoms with Crippen LogP contribution in [0.1, 0.15) is 37.8 Å². The number of aliphatic hydroxyl groups is 1. The number of hydroxylamine groups is 1. The molecule has 154 valence electrons. The van der Waals surface area contributed by atoms with Crippen molar-refractivity contribution in [2.75, 3.05) is 0 Å². The molecule has 2 heterocycles. The molecule has 1 unspecified atom stereocenters. The first-order valence-corrected chi connectivity index (χ1v) is 10.1. The van der Waals surface area contributed by atoms with Crippen molar-refractivity contribution in [3.8, 4) is 6.07 Å². The Morgan fingerprint density at radius 2 is 1.97 bits per heavy atom. The second-order valence-corrected chi connectivity index (χ2v) is 8.88. The molecule has 2 fully saturated rings. The fourth-order valence-electron chi connectivity index (χ4n) is 5.55. The van der Waals surface area contributed by atoms with Crippen LogP contribution in [0.15, 0.2) is 42.5 Å². The van der Waals surface area contributed by atoms with Crippen LogP contribution >= 0.6 is 0 Å². The van der Waals surface area contributed by atoms with Crippen LogP contribution in [-0.4, -0.2) is 34.2 Å². The summed E-state index contributed by atoms with van der Waals surface area (Å²) in [6.45, 7) is 3.61. The van der Waals surface area contributed by atoms with E-state index in [9.17, 15) is 14.7 Å². The van der Waals surface area contributed by atoms with Crippen LogP contribution in [0.2, 0.25) is 0 Å². The van der Waals surface area contributed by atoms with Crippen LogP contribution in [-0.2, 0) is 19.2 Å². The number of carbonyl (C=O) groups is 2. The van der Waals surface area contributed by atoms with Gasteiger partial charge in [-0.05, 0) is 61.6 Å². The van der Waals surface area contributed by atoms with Gasteiger partial charge in [0.05, 0.1) is 22.7 Å². The first kappa shape index (κ1) is 19.0. The molecule has 1 saturated carbocycles. The summed E-state index contributed by atoms with van der Waals surface area (Å²) in [4.78, 5) is 31.8. The van der Waals surface area contributed by atoms with Crippen molar-refractivity contribution in [2.24, 2.45) is 17.3 Å². The SMILES string of the molecule is C[C@H]1CC[C@@H]2[C@@H](OC(=O)C23C=C(c2ccc(C#N)cc2)NO3)[C@]2(C)C(=O)C=C[C@@]12O. The van der Waals surface area contributed by atoms with E-state index >= 15 is 0 Å². The van der Waals surface area contributed by atoms with Crippen LogP contribution in [0.4, 0.5) is 0 Å². The Morgan fingerprint density at radius 1 is 1.23 bits per heavy atom. The molecule has 6 atom stereocenters. The zero-order valence-electron chi connectivity index (χ0n) is 16.7. The minimum Gasteiger partial charge on any atom is -0.458 e. The molecule has 0 amide bonds. The number of esters is 1. The summed E-state index contributed by atoms with van der Waals surface area (Å²) >= 11 is 0. The van der Waals surface area contributed by atoms with E-state index < -0.39 is 34.6 Å². The maximum atomic E-state index is 13.1. The quantitative estimate of drug-likeness (QED) is 0.687. The lowest BCUT2D eigenvalue weighted by molar-refractivity contribution is -0.169. The number of hydrogen-bond acceptors (Lipinski definition) is 7. The van der Waals surface area contributed by atoms with E-state index in [0.29, 0.717) is 24.1 Å². The number of ketones is 1. The Morgan fingerprint density at radius 3 is 2.67 bits per heavy atom. The van der Waals surface area contributed by atoms with Crippen molar-refractivity contribution in [2.45, 2.75) is 44.0 Å². The summed E-state index contributed by atoms with van der Waals surface area (Å²) in [6, 6.07) is 9.01. The van der Waals surface area contributed by atoms with Crippen LogP contribution < -0.4 is 5.48 Å². The second-order valence-electron chi connectivity index (χ2n) is 8.88. The molecule has 0 bridgehead atoms. The van der Waals surface area contributed by atoms with Gasteiger partial charge in [0, 0.05) is 5.92 Å². The normalized spacial score (nSPS) is 41.5. The average molecular weight is 406 g/mol. The highest BCUT2D eigenvalue weighted by Gasteiger charge is 2.72. The van der Waals surface area contributed by atoms with Crippen molar-refractivity contribution >= 4 is 17.4 Å². The molecular formula is C23H22N2O5. The molecule has 2 aliphatic heterocycles. The second kappa shape index (κ2) is 6.03. The highest BCUT2D eigenvalue weighted by atomic mass is 16.7. The number of nitriles is 1. The van der Waals surface area contributed by atoms with Gasteiger partial charge < -0.3 is 9.84 Å². The van der Waals surface area contributed by atoms with Crippen molar-refractivity contribution in [1.82, 2.24) is 5.48 Å². The first-order valence-electron chi connectivity index (χ1n) is 10.1. The third-order valence-electron chi connectivity index (χ3n) is 7.55. The molecule has 1 aromatic rings. The van der Waals surface area contributed by atoms with E-state index in [2.05, 4.69) is 11.5 Å². The number of carbonyl (C=O) groups excluding carboxylic acids is 2. The minimum absolute atomic E-state index is 0.178. The number of allylic oxidation sites excluding steroid dienone is 1. The zero-order chi connectivity index (χ0) is 21.3. The van der Waals surface area contributed by atoms with Crippen LogP contribution in [0.3, 0.4) is 0 Å². The number of benzene rings is 1. The Balaban J connectivity index is 1.57. The number of nitrogens with one attached hydrogen (secondary N) is 1. The lowest BCUT2D eigenvalue weighted by atomic mass is 9.64. The standard InChI is InChI=1S/C23H22N2O5/c1-13-3-8-16-19(21(2)18(26)9-10-23(13,21)28)29-20(27)22(16)11-17(25-30-22)15-6-4-14(12-24)5-7-15/h4-7,9-11,13,16,19,25,28H,3,8H2,1-2H3/t13-,16+,19+,21-,22?,23+/m0/s1. The summed E-state index contributed by atoms with van der Waals surface area (Å²) < 4.78 is 5.79. The van der Waals surface area contributed by atoms with Gasteiger partial charge in [0.15, 0.2) is 5.78 Å². The molecule has 0 radical (unpaired) electrons. The Bertz CT molecular complexity index is 1050. The van der Waals surface area contributed by atoms with E-state index in [4.69, 9.17) is 14.8 Å². The topological polar surface area (TPSA) is 109 Å². The van der Waals surface area contributed by atoms with E-state index in [1.165, 1.54) is 6.08 Å². The highest BCUT2D eigenvalue weighted by Crippen LogP contribution is 2.59. The average Bonchev–Trinajstić information content (AvgIpc) is 3.37. The number of nitrogens with zero attached hydrogens (tertiary/aromatic N) is 1. The van der Waals surface area contributed by atoms with Gasteiger partial charge in [0.25, 0.3) is 0 Å². The molecule has 1 saturated heterocycles.